The van der Waals surface area contributed by atoms with Gasteiger partial charge in [0.25, 0.3) is 5.91 Å². The van der Waals surface area contributed by atoms with Gasteiger partial charge in [-0.3, -0.25) is 4.79 Å². The van der Waals surface area contributed by atoms with E-state index in [0.717, 1.165) is 11.3 Å². The number of halogens is 1. The summed E-state index contributed by atoms with van der Waals surface area (Å²) in [5.74, 6) is 0.898. The van der Waals surface area contributed by atoms with Crippen molar-refractivity contribution in [2.45, 2.75) is 19.9 Å². The van der Waals surface area contributed by atoms with Crippen molar-refractivity contribution in [1.82, 2.24) is 5.32 Å². The highest BCUT2D eigenvalue weighted by Crippen LogP contribution is 2.24. The normalized spacial score (nSPS) is 12.0. The third-order valence-corrected chi connectivity index (χ3v) is 3.79. The molecule has 2 aromatic rings. The molecule has 0 aliphatic rings. The number of ether oxygens (including phenoxy) is 1. The smallest absolute Gasteiger partial charge is 0.251 e. The van der Waals surface area contributed by atoms with Crippen molar-refractivity contribution in [3.63, 3.8) is 0 Å². The van der Waals surface area contributed by atoms with E-state index in [0.29, 0.717) is 10.6 Å². The summed E-state index contributed by atoms with van der Waals surface area (Å²) in [5.41, 5.74) is 1.65. The van der Waals surface area contributed by atoms with Crippen molar-refractivity contribution in [2.24, 2.45) is 5.92 Å². The first-order chi connectivity index (χ1) is 10.5. The van der Waals surface area contributed by atoms with Gasteiger partial charge in [-0.05, 0) is 47.9 Å². The lowest BCUT2D eigenvalue weighted by Gasteiger charge is -2.23. The van der Waals surface area contributed by atoms with Gasteiger partial charge in [0.1, 0.15) is 5.75 Å². The molecule has 0 bridgehead atoms. The third kappa shape index (κ3) is 4.01. The Morgan fingerprint density at radius 1 is 1.05 bits per heavy atom. The molecule has 0 aliphatic heterocycles. The van der Waals surface area contributed by atoms with E-state index in [1.165, 1.54) is 0 Å². The second-order valence-corrected chi connectivity index (χ2v) is 5.91. The molecule has 0 saturated heterocycles. The van der Waals surface area contributed by atoms with Gasteiger partial charge in [-0.1, -0.05) is 37.6 Å². The third-order valence-electron chi connectivity index (χ3n) is 3.53. The number of benzene rings is 2. The van der Waals surface area contributed by atoms with E-state index in [-0.39, 0.29) is 17.9 Å². The van der Waals surface area contributed by atoms with Crippen molar-refractivity contribution in [3.8, 4) is 5.75 Å². The van der Waals surface area contributed by atoms with Gasteiger partial charge in [-0.2, -0.15) is 0 Å². The molecule has 3 nitrogen and oxygen atoms in total. The van der Waals surface area contributed by atoms with Gasteiger partial charge in [-0.15, -0.1) is 0 Å². The van der Waals surface area contributed by atoms with E-state index in [4.69, 9.17) is 16.3 Å². The highest BCUT2D eigenvalue weighted by atomic mass is 35.5. The van der Waals surface area contributed by atoms with E-state index in [9.17, 15) is 4.79 Å². The van der Waals surface area contributed by atoms with Gasteiger partial charge in [0, 0.05) is 10.6 Å². The maximum atomic E-state index is 12.4. The predicted molar refractivity (Wildman–Crippen MR) is 89.5 cm³/mol. The molecular formula is C18H20ClNO2. The number of hydrogen-bond acceptors (Lipinski definition) is 2. The van der Waals surface area contributed by atoms with Crippen molar-refractivity contribution in [2.75, 3.05) is 7.11 Å². The van der Waals surface area contributed by atoms with Crippen LogP contribution in [0.15, 0.2) is 48.5 Å². The van der Waals surface area contributed by atoms with Crippen LogP contribution < -0.4 is 10.1 Å². The molecule has 1 amide bonds. The monoisotopic (exact) mass is 317 g/mol. The molecule has 0 saturated carbocycles. The molecule has 1 N–H and O–H groups in total. The van der Waals surface area contributed by atoms with Crippen molar-refractivity contribution < 1.29 is 9.53 Å². The van der Waals surface area contributed by atoms with Gasteiger partial charge in [0.05, 0.1) is 13.2 Å². The van der Waals surface area contributed by atoms with E-state index in [1.807, 2.05) is 24.3 Å². The zero-order valence-corrected chi connectivity index (χ0v) is 13.7. The number of carbonyl (C=O) groups excluding carboxylic acids is 1. The number of nitrogens with one attached hydrogen (secondary N) is 1. The Balaban J connectivity index is 2.16. The molecule has 0 spiro atoms. The molecule has 0 aliphatic carbocycles. The average molecular weight is 318 g/mol. The van der Waals surface area contributed by atoms with E-state index < -0.39 is 0 Å². The first-order valence-corrected chi connectivity index (χ1v) is 7.59. The average Bonchev–Trinajstić information content (AvgIpc) is 2.53. The zero-order chi connectivity index (χ0) is 16.1. The maximum Gasteiger partial charge on any atom is 0.251 e. The van der Waals surface area contributed by atoms with Gasteiger partial charge in [0.2, 0.25) is 0 Å². The predicted octanol–water partition coefficient (Wildman–Crippen LogP) is 4.48. The number of carbonyl (C=O) groups is 1. The van der Waals surface area contributed by atoms with Gasteiger partial charge in [0.15, 0.2) is 0 Å². The Hall–Kier alpha value is -2.00. The fourth-order valence-electron chi connectivity index (χ4n) is 2.27. The topological polar surface area (TPSA) is 38.3 Å². The van der Waals surface area contributed by atoms with Crippen molar-refractivity contribution >= 4 is 17.5 Å². The van der Waals surface area contributed by atoms with Crippen LogP contribution in [-0.2, 0) is 0 Å². The van der Waals surface area contributed by atoms with E-state index in [2.05, 4.69) is 19.2 Å². The Labute approximate surface area is 136 Å². The fraction of sp³-hybridized carbons (Fsp3) is 0.278. The van der Waals surface area contributed by atoms with Crippen LogP contribution in [-0.4, -0.2) is 13.0 Å². The van der Waals surface area contributed by atoms with Gasteiger partial charge < -0.3 is 10.1 Å². The Morgan fingerprint density at radius 2 is 1.64 bits per heavy atom. The summed E-state index contributed by atoms with van der Waals surface area (Å²) in [4.78, 5) is 12.4. The number of rotatable bonds is 5. The molecule has 0 aromatic heterocycles. The minimum atomic E-state index is -0.101. The molecule has 0 radical (unpaired) electrons. The summed E-state index contributed by atoms with van der Waals surface area (Å²) in [5, 5.41) is 3.77. The van der Waals surface area contributed by atoms with Crippen LogP contribution in [0.1, 0.15) is 35.8 Å². The highest BCUT2D eigenvalue weighted by molar-refractivity contribution is 6.30. The zero-order valence-electron chi connectivity index (χ0n) is 13.0. The molecule has 22 heavy (non-hydrogen) atoms. The second-order valence-electron chi connectivity index (χ2n) is 5.48. The van der Waals surface area contributed by atoms with Crippen molar-refractivity contribution in [3.05, 3.63) is 64.7 Å². The van der Waals surface area contributed by atoms with E-state index in [1.54, 1.807) is 31.4 Å². The highest BCUT2D eigenvalue weighted by Gasteiger charge is 2.19. The molecule has 0 fully saturated rings. The fourth-order valence-corrected chi connectivity index (χ4v) is 2.40. The van der Waals surface area contributed by atoms with Crippen LogP contribution in [0.2, 0.25) is 5.02 Å². The molecular weight excluding hydrogens is 298 g/mol. The molecule has 4 heteroatoms. The van der Waals surface area contributed by atoms with Crippen LogP contribution in [0, 0.1) is 5.92 Å². The Kier molecular flexibility index (Phi) is 5.45. The number of amides is 1. The molecule has 1 unspecified atom stereocenters. The SMILES string of the molecule is COc1ccc(C(=O)NC(c2ccc(Cl)cc2)C(C)C)cc1. The minimum Gasteiger partial charge on any atom is -0.497 e. The van der Waals surface area contributed by atoms with Crippen LogP contribution >= 0.6 is 11.6 Å². The summed E-state index contributed by atoms with van der Waals surface area (Å²) in [6.07, 6.45) is 0. The summed E-state index contributed by atoms with van der Waals surface area (Å²) in [6.45, 7) is 4.15. The van der Waals surface area contributed by atoms with Gasteiger partial charge in [-0.25, -0.2) is 0 Å². The Morgan fingerprint density at radius 3 is 2.14 bits per heavy atom. The molecule has 2 aromatic carbocycles. The lowest BCUT2D eigenvalue weighted by atomic mass is 9.95. The van der Waals surface area contributed by atoms with Crippen LogP contribution in [0.3, 0.4) is 0 Å². The summed E-state index contributed by atoms with van der Waals surface area (Å²) >= 11 is 5.93. The summed E-state index contributed by atoms with van der Waals surface area (Å²) in [6, 6.07) is 14.6. The van der Waals surface area contributed by atoms with E-state index >= 15 is 0 Å². The lowest BCUT2D eigenvalue weighted by Crippen LogP contribution is -2.31. The maximum absolute atomic E-state index is 12.4. The Bertz CT molecular complexity index is 621. The van der Waals surface area contributed by atoms with Gasteiger partial charge >= 0.3 is 0 Å². The minimum absolute atomic E-state index is 0.0631. The van der Waals surface area contributed by atoms with Crippen LogP contribution in [0.4, 0.5) is 0 Å². The molecule has 2 rings (SSSR count). The van der Waals surface area contributed by atoms with Crippen LogP contribution in [0.5, 0.6) is 5.75 Å². The quantitative estimate of drug-likeness (QED) is 0.883. The summed E-state index contributed by atoms with van der Waals surface area (Å²) in [7, 11) is 1.60. The first-order valence-electron chi connectivity index (χ1n) is 7.21. The number of methoxy groups -OCH3 is 1. The molecule has 1 atom stereocenters. The van der Waals surface area contributed by atoms with Crippen LogP contribution in [0.25, 0.3) is 0 Å². The molecule has 116 valence electrons. The number of hydrogen-bond donors (Lipinski definition) is 1. The lowest BCUT2D eigenvalue weighted by molar-refractivity contribution is 0.0925. The summed E-state index contributed by atoms with van der Waals surface area (Å²) < 4.78 is 5.10. The standard InChI is InChI=1S/C18H20ClNO2/c1-12(2)17(13-4-8-15(19)9-5-13)20-18(21)14-6-10-16(22-3)11-7-14/h4-12,17H,1-3H3,(H,20,21). The van der Waals surface area contributed by atoms with Crippen molar-refractivity contribution in [1.29, 1.82) is 0 Å². The second kappa shape index (κ2) is 7.32. The first kappa shape index (κ1) is 16.4. The molecule has 0 heterocycles. The largest absolute Gasteiger partial charge is 0.497 e.